The Bertz CT molecular complexity index is 905. The van der Waals surface area contributed by atoms with Gasteiger partial charge in [0.25, 0.3) is 5.91 Å². The third kappa shape index (κ3) is 2.61. The molecule has 0 atom stereocenters. The molecule has 1 saturated heterocycles. The smallest absolute Gasteiger partial charge is 0.254 e. The maximum Gasteiger partial charge on any atom is 0.254 e. The van der Waals surface area contributed by atoms with Crippen LogP contribution in [-0.2, 0) is 0 Å². The SMILES string of the molecule is O=C(c1cccc(-n2cccn2)c1)N1CC(n2cc(C3CC3)nn2)C1. The number of benzene rings is 1. The summed E-state index contributed by atoms with van der Waals surface area (Å²) in [6.07, 6.45) is 8.08. The van der Waals surface area contributed by atoms with Gasteiger partial charge in [-0.3, -0.25) is 4.79 Å². The Labute approximate surface area is 144 Å². The molecule has 0 spiro atoms. The first kappa shape index (κ1) is 14.4. The molecule has 7 heteroatoms. The van der Waals surface area contributed by atoms with Crippen LogP contribution in [0.4, 0.5) is 0 Å². The normalized spacial score (nSPS) is 17.5. The molecule has 1 saturated carbocycles. The van der Waals surface area contributed by atoms with Crippen molar-refractivity contribution in [1.82, 2.24) is 29.7 Å². The first-order valence-electron chi connectivity index (χ1n) is 8.59. The predicted octanol–water partition coefficient (Wildman–Crippen LogP) is 2.04. The van der Waals surface area contributed by atoms with Gasteiger partial charge in [-0.25, -0.2) is 9.36 Å². The lowest BCUT2D eigenvalue weighted by atomic mass is 10.1. The predicted molar refractivity (Wildman–Crippen MR) is 90.5 cm³/mol. The first-order chi connectivity index (χ1) is 12.3. The number of amides is 1. The topological polar surface area (TPSA) is 68.8 Å². The molecule has 2 aliphatic rings. The summed E-state index contributed by atoms with van der Waals surface area (Å²) < 4.78 is 3.67. The largest absolute Gasteiger partial charge is 0.334 e. The van der Waals surface area contributed by atoms with Gasteiger partial charge in [0.15, 0.2) is 0 Å². The third-order valence-corrected chi connectivity index (χ3v) is 4.91. The van der Waals surface area contributed by atoms with E-state index in [4.69, 9.17) is 0 Å². The van der Waals surface area contributed by atoms with Crippen molar-refractivity contribution in [2.75, 3.05) is 13.1 Å². The minimum absolute atomic E-state index is 0.0489. The van der Waals surface area contributed by atoms with Crippen LogP contribution in [0.3, 0.4) is 0 Å². The van der Waals surface area contributed by atoms with Crippen LogP contribution in [-0.4, -0.2) is 48.7 Å². The van der Waals surface area contributed by atoms with Gasteiger partial charge in [0, 0.05) is 43.2 Å². The van der Waals surface area contributed by atoms with E-state index in [9.17, 15) is 4.79 Å². The number of hydrogen-bond acceptors (Lipinski definition) is 4. The lowest BCUT2D eigenvalue weighted by Crippen LogP contribution is -2.50. The Morgan fingerprint density at radius 1 is 1.16 bits per heavy atom. The lowest BCUT2D eigenvalue weighted by Gasteiger charge is -2.38. The maximum atomic E-state index is 12.7. The van der Waals surface area contributed by atoms with Crippen LogP contribution in [0.1, 0.15) is 40.9 Å². The molecule has 0 radical (unpaired) electrons. The van der Waals surface area contributed by atoms with E-state index in [2.05, 4.69) is 15.4 Å². The molecular formula is C18H18N6O. The van der Waals surface area contributed by atoms with E-state index in [0.29, 0.717) is 24.6 Å². The molecule has 1 amide bonds. The zero-order valence-electron chi connectivity index (χ0n) is 13.7. The Morgan fingerprint density at radius 2 is 2.04 bits per heavy atom. The van der Waals surface area contributed by atoms with Gasteiger partial charge in [0.2, 0.25) is 0 Å². The molecule has 1 aliphatic heterocycles. The van der Waals surface area contributed by atoms with Crippen molar-refractivity contribution in [2.24, 2.45) is 0 Å². The van der Waals surface area contributed by atoms with Gasteiger partial charge in [0.05, 0.1) is 17.4 Å². The summed E-state index contributed by atoms with van der Waals surface area (Å²) in [4.78, 5) is 14.6. The van der Waals surface area contributed by atoms with Gasteiger partial charge in [-0.05, 0) is 37.1 Å². The van der Waals surface area contributed by atoms with Gasteiger partial charge in [0.1, 0.15) is 0 Å². The van der Waals surface area contributed by atoms with E-state index < -0.39 is 0 Å². The number of hydrogen-bond donors (Lipinski definition) is 0. The highest BCUT2D eigenvalue weighted by Gasteiger charge is 2.34. The van der Waals surface area contributed by atoms with E-state index in [-0.39, 0.29) is 11.9 Å². The standard InChI is InChI=1S/C18H18N6O/c25-18(14-3-1-4-15(9-14)23-8-2-7-19-23)22-10-16(11-22)24-12-17(20-21-24)13-5-6-13/h1-4,7-9,12-13,16H,5-6,10-11H2. The van der Waals surface area contributed by atoms with Crippen LogP contribution in [0.5, 0.6) is 0 Å². The molecule has 3 aromatic rings. The van der Waals surface area contributed by atoms with E-state index in [1.165, 1.54) is 12.8 Å². The Balaban J connectivity index is 1.27. The molecule has 5 rings (SSSR count). The monoisotopic (exact) mass is 334 g/mol. The summed E-state index contributed by atoms with van der Waals surface area (Å²) in [6.45, 7) is 1.36. The number of likely N-dealkylation sites (tertiary alicyclic amines) is 1. The van der Waals surface area contributed by atoms with Crippen molar-refractivity contribution in [2.45, 2.75) is 24.8 Å². The fraction of sp³-hybridized carbons (Fsp3) is 0.333. The average Bonchev–Trinajstić information content (AvgIpc) is 3.10. The third-order valence-electron chi connectivity index (χ3n) is 4.91. The molecule has 3 heterocycles. The Hall–Kier alpha value is -2.96. The van der Waals surface area contributed by atoms with E-state index in [1.807, 2.05) is 52.3 Å². The molecular weight excluding hydrogens is 316 g/mol. The molecule has 7 nitrogen and oxygen atoms in total. The highest BCUT2D eigenvalue weighted by molar-refractivity contribution is 5.95. The molecule has 0 N–H and O–H groups in total. The van der Waals surface area contributed by atoms with Crippen LogP contribution in [0, 0.1) is 0 Å². The number of carbonyl (C=O) groups excluding carboxylic acids is 1. The number of carbonyl (C=O) groups is 1. The molecule has 0 unspecified atom stereocenters. The molecule has 0 bridgehead atoms. The highest BCUT2D eigenvalue weighted by Crippen LogP contribution is 2.39. The summed E-state index contributed by atoms with van der Waals surface area (Å²) in [5.74, 6) is 0.657. The Morgan fingerprint density at radius 3 is 2.80 bits per heavy atom. The fourth-order valence-corrected chi connectivity index (χ4v) is 3.21. The highest BCUT2D eigenvalue weighted by atomic mass is 16.2. The second-order valence-corrected chi connectivity index (χ2v) is 6.76. The molecule has 126 valence electrons. The van der Waals surface area contributed by atoms with Crippen molar-refractivity contribution in [1.29, 1.82) is 0 Å². The van der Waals surface area contributed by atoms with Crippen LogP contribution in [0.15, 0.2) is 48.9 Å². The summed E-state index contributed by atoms with van der Waals surface area (Å²) in [5, 5.41) is 12.7. The minimum Gasteiger partial charge on any atom is -0.334 e. The van der Waals surface area contributed by atoms with Crippen molar-refractivity contribution >= 4 is 5.91 Å². The van der Waals surface area contributed by atoms with Gasteiger partial charge in [-0.15, -0.1) is 5.10 Å². The molecule has 1 aliphatic carbocycles. The summed E-state index contributed by atoms with van der Waals surface area (Å²) in [5.41, 5.74) is 2.67. The van der Waals surface area contributed by atoms with Crippen LogP contribution in [0.25, 0.3) is 5.69 Å². The number of rotatable bonds is 4. The average molecular weight is 334 g/mol. The van der Waals surface area contributed by atoms with Gasteiger partial charge >= 0.3 is 0 Å². The molecule has 1 aromatic carbocycles. The summed E-state index contributed by atoms with van der Waals surface area (Å²) in [7, 11) is 0. The molecule has 2 fully saturated rings. The van der Waals surface area contributed by atoms with Gasteiger partial charge in [-0.2, -0.15) is 5.10 Å². The second-order valence-electron chi connectivity index (χ2n) is 6.76. The quantitative estimate of drug-likeness (QED) is 0.732. The zero-order chi connectivity index (χ0) is 16.8. The van der Waals surface area contributed by atoms with Crippen molar-refractivity contribution < 1.29 is 4.79 Å². The maximum absolute atomic E-state index is 12.7. The fourth-order valence-electron chi connectivity index (χ4n) is 3.21. The first-order valence-corrected chi connectivity index (χ1v) is 8.59. The van der Waals surface area contributed by atoms with Crippen LogP contribution in [0.2, 0.25) is 0 Å². The Kier molecular flexibility index (Phi) is 3.19. The van der Waals surface area contributed by atoms with Crippen LogP contribution >= 0.6 is 0 Å². The van der Waals surface area contributed by atoms with Crippen molar-refractivity contribution in [3.05, 3.63) is 60.2 Å². The van der Waals surface area contributed by atoms with Gasteiger partial charge in [-0.1, -0.05) is 11.3 Å². The zero-order valence-corrected chi connectivity index (χ0v) is 13.7. The lowest BCUT2D eigenvalue weighted by molar-refractivity contribution is 0.0498. The van der Waals surface area contributed by atoms with E-state index in [0.717, 1.165) is 11.4 Å². The number of nitrogens with zero attached hydrogens (tertiary/aromatic N) is 6. The summed E-state index contributed by atoms with van der Waals surface area (Å²) in [6, 6.07) is 9.66. The molecule has 25 heavy (non-hydrogen) atoms. The van der Waals surface area contributed by atoms with E-state index >= 15 is 0 Å². The van der Waals surface area contributed by atoms with E-state index in [1.54, 1.807) is 10.9 Å². The van der Waals surface area contributed by atoms with Crippen molar-refractivity contribution in [3.63, 3.8) is 0 Å². The minimum atomic E-state index is 0.0489. The van der Waals surface area contributed by atoms with Crippen LogP contribution < -0.4 is 0 Å². The summed E-state index contributed by atoms with van der Waals surface area (Å²) >= 11 is 0. The second kappa shape index (κ2) is 5.54. The number of aromatic nitrogens is 5. The van der Waals surface area contributed by atoms with Gasteiger partial charge < -0.3 is 4.90 Å². The van der Waals surface area contributed by atoms with Crippen molar-refractivity contribution in [3.8, 4) is 5.69 Å². The molecule has 2 aromatic heterocycles.